The molecular weight excluding hydrogens is 294 g/mol. The molecule has 0 bridgehead atoms. The number of carbonyl (C=O) groups excluding carboxylic acids is 1. The molecule has 0 fully saturated rings. The van der Waals surface area contributed by atoms with Gasteiger partial charge in [0, 0.05) is 12.1 Å². The zero-order chi connectivity index (χ0) is 14.7. The van der Waals surface area contributed by atoms with Crippen LogP contribution in [0.3, 0.4) is 0 Å². The number of ether oxygens (including phenoxy) is 3. The minimum absolute atomic E-state index is 0.351. The lowest BCUT2D eigenvalue weighted by molar-refractivity contribution is 0.171. The Bertz CT molecular complexity index is 660. The molecular formula is C15H12ClNO4. The fraction of sp³-hybridized carbons (Fsp3) is 0.133. The fourth-order valence-electron chi connectivity index (χ4n) is 1.89. The summed E-state index contributed by atoms with van der Waals surface area (Å²) in [5.41, 5.74) is 0.404. The third-order valence-electron chi connectivity index (χ3n) is 2.82. The van der Waals surface area contributed by atoms with Gasteiger partial charge in [-0.05, 0) is 12.1 Å². The zero-order valence-corrected chi connectivity index (χ0v) is 11.7. The molecule has 1 heterocycles. The lowest BCUT2D eigenvalue weighted by Gasteiger charge is -2.19. The summed E-state index contributed by atoms with van der Waals surface area (Å²) in [4.78, 5) is 11.8. The molecule has 6 heteroatoms. The van der Waals surface area contributed by atoms with E-state index in [1.807, 2.05) is 6.07 Å². The Labute approximate surface area is 126 Å². The average molecular weight is 306 g/mol. The van der Waals surface area contributed by atoms with Crippen molar-refractivity contribution in [3.05, 3.63) is 47.5 Å². The predicted octanol–water partition coefficient (Wildman–Crippen LogP) is 3.72. The molecule has 21 heavy (non-hydrogen) atoms. The van der Waals surface area contributed by atoms with Crippen LogP contribution in [-0.4, -0.2) is 19.3 Å². The van der Waals surface area contributed by atoms with Crippen LogP contribution in [-0.2, 0) is 0 Å². The second-order valence-corrected chi connectivity index (χ2v) is 4.71. The zero-order valence-electron chi connectivity index (χ0n) is 11.0. The number of para-hydroxylation sites is 1. The van der Waals surface area contributed by atoms with Gasteiger partial charge >= 0.3 is 6.09 Å². The molecule has 2 aromatic carbocycles. The standard InChI is InChI=1S/C15H12ClNO4/c16-11-8-13-14(20-7-6-19-13)9-12(11)17-15(18)21-10-4-2-1-3-5-10/h1-5,8-9H,6-7H2,(H,17,18). The molecule has 1 aliphatic heterocycles. The maximum atomic E-state index is 11.8. The smallest absolute Gasteiger partial charge is 0.417 e. The monoisotopic (exact) mass is 305 g/mol. The third-order valence-corrected chi connectivity index (χ3v) is 3.14. The van der Waals surface area contributed by atoms with Gasteiger partial charge in [0.1, 0.15) is 19.0 Å². The normalized spacial score (nSPS) is 12.6. The van der Waals surface area contributed by atoms with Gasteiger partial charge in [0.05, 0.1) is 10.7 Å². The van der Waals surface area contributed by atoms with Crippen LogP contribution in [0.1, 0.15) is 0 Å². The molecule has 0 saturated heterocycles. The largest absolute Gasteiger partial charge is 0.486 e. The van der Waals surface area contributed by atoms with Crippen LogP contribution >= 0.6 is 11.6 Å². The summed E-state index contributed by atoms with van der Waals surface area (Å²) in [5, 5.41) is 2.93. The number of carbonyl (C=O) groups is 1. The first-order valence-electron chi connectivity index (χ1n) is 6.35. The van der Waals surface area contributed by atoms with Gasteiger partial charge in [-0.3, -0.25) is 5.32 Å². The van der Waals surface area contributed by atoms with E-state index in [1.54, 1.807) is 36.4 Å². The van der Waals surface area contributed by atoms with E-state index in [-0.39, 0.29) is 0 Å². The molecule has 0 spiro atoms. The maximum absolute atomic E-state index is 11.8. The number of anilines is 1. The minimum atomic E-state index is -0.625. The summed E-state index contributed by atoms with van der Waals surface area (Å²) in [6.07, 6.45) is -0.625. The fourth-order valence-corrected chi connectivity index (χ4v) is 2.09. The highest BCUT2D eigenvalue weighted by Crippen LogP contribution is 2.37. The Kier molecular flexibility index (Phi) is 3.83. The number of fused-ring (bicyclic) bond motifs is 1. The molecule has 0 aromatic heterocycles. The summed E-state index contributed by atoms with van der Waals surface area (Å²) >= 11 is 6.10. The molecule has 5 nitrogen and oxygen atoms in total. The van der Waals surface area contributed by atoms with Gasteiger partial charge in [-0.15, -0.1) is 0 Å². The molecule has 0 radical (unpaired) electrons. The summed E-state index contributed by atoms with van der Waals surface area (Å²) in [5.74, 6) is 1.55. The lowest BCUT2D eigenvalue weighted by Crippen LogP contribution is -2.18. The van der Waals surface area contributed by atoms with Crippen molar-refractivity contribution in [1.29, 1.82) is 0 Å². The van der Waals surface area contributed by atoms with Crippen molar-refractivity contribution in [2.24, 2.45) is 0 Å². The van der Waals surface area contributed by atoms with Crippen LogP contribution < -0.4 is 19.5 Å². The first-order chi connectivity index (χ1) is 10.2. The topological polar surface area (TPSA) is 56.8 Å². The van der Waals surface area contributed by atoms with E-state index in [9.17, 15) is 4.79 Å². The number of nitrogens with one attached hydrogen (secondary N) is 1. The number of hydrogen-bond acceptors (Lipinski definition) is 4. The Morgan fingerprint density at radius 3 is 2.48 bits per heavy atom. The summed E-state index contributed by atoms with van der Waals surface area (Å²) < 4.78 is 16.0. The van der Waals surface area contributed by atoms with E-state index < -0.39 is 6.09 Å². The lowest BCUT2D eigenvalue weighted by atomic mass is 10.2. The molecule has 0 saturated carbocycles. The van der Waals surface area contributed by atoms with Crippen LogP contribution in [0.4, 0.5) is 10.5 Å². The van der Waals surface area contributed by atoms with Crippen molar-refractivity contribution >= 4 is 23.4 Å². The number of hydrogen-bond donors (Lipinski definition) is 1. The molecule has 0 atom stereocenters. The third kappa shape index (κ3) is 3.20. The van der Waals surface area contributed by atoms with Gasteiger partial charge in [-0.25, -0.2) is 4.79 Å². The van der Waals surface area contributed by atoms with Crippen molar-refractivity contribution in [3.63, 3.8) is 0 Å². The second kappa shape index (κ2) is 5.93. The van der Waals surface area contributed by atoms with Gasteiger partial charge in [-0.2, -0.15) is 0 Å². The van der Waals surface area contributed by atoms with E-state index in [0.29, 0.717) is 41.2 Å². The molecule has 3 rings (SSSR count). The van der Waals surface area contributed by atoms with Gasteiger partial charge in [0.25, 0.3) is 0 Å². The van der Waals surface area contributed by atoms with E-state index in [0.717, 1.165) is 0 Å². The van der Waals surface area contributed by atoms with Gasteiger partial charge in [0.2, 0.25) is 0 Å². The summed E-state index contributed by atoms with van der Waals surface area (Å²) in [7, 11) is 0. The van der Waals surface area contributed by atoms with Crippen LogP contribution in [0, 0.1) is 0 Å². The first kappa shape index (κ1) is 13.6. The Balaban J connectivity index is 1.74. The van der Waals surface area contributed by atoms with Crippen molar-refractivity contribution in [1.82, 2.24) is 0 Å². The van der Waals surface area contributed by atoms with E-state index in [4.69, 9.17) is 25.8 Å². The van der Waals surface area contributed by atoms with Crippen LogP contribution in [0.2, 0.25) is 5.02 Å². The molecule has 0 unspecified atom stereocenters. The van der Waals surface area contributed by atoms with Crippen molar-refractivity contribution in [2.75, 3.05) is 18.5 Å². The van der Waals surface area contributed by atoms with Crippen LogP contribution in [0.15, 0.2) is 42.5 Å². The number of benzene rings is 2. The van der Waals surface area contributed by atoms with E-state index in [1.165, 1.54) is 0 Å². The minimum Gasteiger partial charge on any atom is -0.486 e. The predicted molar refractivity (Wildman–Crippen MR) is 78.5 cm³/mol. The average Bonchev–Trinajstić information content (AvgIpc) is 2.49. The van der Waals surface area contributed by atoms with Gasteiger partial charge in [0.15, 0.2) is 11.5 Å². The second-order valence-electron chi connectivity index (χ2n) is 4.30. The van der Waals surface area contributed by atoms with Crippen LogP contribution in [0.25, 0.3) is 0 Å². The van der Waals surface area contributed by atoms with Gasteiger partial charge in [-0.1, -0.05) is 29.8 Å². The SMILES string of the molecule is O=C(Nc1cc2c(cc1Cl)OCCO2)Oc1ccccc1. The summed E-state index contributed by atoms with van der Waals surface area (Å²) in [6.45, 7) is 0.939. The van der Waals surface area contributed by atoms with Crippen molar-refractivity contribution in [2.45, 2.75) is 0 Å². The maximum Gasteiger partial charge on any atom is 0.417 e. The van der Waals surface area contributed by atoms with Crippen LogP contribution in [0.5, 0.6) is 17.2 Å². The molecule has 2 aromatic rings. The Hall–Kier alpha value is -2.40. The van der Waals surface area contributed by atoms with Crippen molar-refractivity contribution < 1.29 is 19.0 Å². The van der Waals surface area contributed by atoms with E-state index in [2.05, 4.69) is 5.32 Å². The Morgan fingerprint density at radius 2 is 1.76 bits per heavy atom. The molecule has 1 N–H and O–H groups in total. The van der Waals surface area contributed by atoms with E-state index >= 15 is 0 Å². The highest BCUT2D eigenvalue weighted by molar-refractivity contribution is 6.33. The first-order valence-corrected chi connectivity index (χ1v) is 6.73. The van der Waals surface area contributed by atoms with Gasteiger partial charge < -0.3 is 14.2 Å². The summed E-state index contributed by atoms with van der Waals surface area (Å²) in [6, 6.07) is 12.0. The number of amides is 1. The number of rotatable bonds is 2. The highest BCUT2D eigenvalue weighted by atomic mass is 35.5. The molecule has 108 valence electrons. The molecule has 0 aliphatic carbocycles. The quantitative estimate of drug-likeness (QED) is 0.918. The number of halogens is 1. The molecule has 1 amide bonds. The molecule has 1 aliphatic rings. The Morgan fingerprint density at radius 1 is 1.10 bits per heavy atom. The highest BCUT2D eigenvalue weighted by Gasteiger charge is 2.16. The van der Waals surface area contributed by atoms with Crippen molar-refractivity contribution in [3.8, 4) is 17.2 Å².